The van der Waals surface area contributed by atoms with E-state index in [1.807, 2.05) is 20.2 Å². The molecule has 0 unspecified atom stereocenters. The molecule has 0 spiro atoms. The van der Waals surface area contributed by atoms with Gasteiger partial charge >= 0.3 is 5.97 Å². The maximum absolute atomic E-state index is 10.6. The fourth-order valence-corrected chi connectivity index (χ4v) is 2.09. The highest BCUT2D eigenvalue weighted by Crippen LogP contribution is 2.29. The van der Waals surface area contributed by atoms with E-state index in [-0.39, 0.29) is 6.42 Å². The summed E-state index contributed by atoms with van der Waals surface area (Å²) in [5, 5.41) is 8.73. The summed E-state index contributed by atoms with van der Waals surface area (Å²) in [6.45, 7) is 3.97. The van der Waals surface area contributed by atoms with E-state index in [4.69, 9.17) is 5.11 Å². The van der Waals surface area contributed by atoms with Crippen molar-refractivity contribution in [2.24, 2.45) is 0 Å². The van der Waals surface area contributed by atoms with Crippen LogP contribution in [0, 0.1) is 6.92 Å². The van der Waals surface area contributed by atoms with Gasteiger partial charge in [0.05, 0.1) is 6.42 Å². The van der Waals surface area contributed by atoms with Crippen molar-refractivity contribution in [2.45, 2.75) is 19.9 Å². The van der Waals surface area contributed by atoms with Crippen molar-refractivity contribution in [2.75, 3.05) is 18.5 Å². The number of carbonyl (C=O) groups is 1. The Morgan fingerprint density at radius 1 is 1.57 bits per heavy atom. The van der Waals surface area contributed by atoms with Crippen molar-refractivity contribution >= 4 is 11.8 Å². The molecular weight excluding hydrogens is 180 g/mol. The average molecular weight is 194 g/mol. The molecule has 0 fully saturated rings. The lowest BCUT2D eigenvalue weighted by Crippen LogP contribution is -2.14. The minimum atomic E-state index is -0.764. The number of nitrogens with zero attached hydrogens (tertiary/aromatic N) is 2. The predicted molar refractivity (Wildman–Crippen MR) is 53.8 cm³/mol. The summed E-state index contributed by atoms with van der Waals surface area (Å²) in [5.41, 5.74) is 2.03. The third-order valence-corrected chi connectivity index (χ3v) is 2.78. The monoisotopic (exact) mass is 194 g/mol. The first-order valence-electron chi connectivity index (χ1n) is 4.71. The minimum Gasteiger partial charge on any atom is -0.481 e. The highest BCUT2D eigenvalue weighted by Gasteiger charge is 2.21. The second kappa shape index (κ2) is 3.04. The third kappa shape index (κ3) is 1.27. The van der Waals surface area contributed by atoms with Gasteiger partial charge in [0.15, 0.2) is 0 Å². The fraction of sp³-hybridized carbons (Fsp3) is 0.500. The number of hydrogen-bond donors (Lipinski definition) is 1. The van der Waals surface area contributed by atoms with Gasteiger partial charge in [-0.25, -0.2) is 0 Å². The number of anilines is 1. The van der Waals surface area contributed by atoms with Crippen LogP contribution in [0.3, 0.4) is 0 Å². The first-order chi connectivity index (χ1) is 6.59. The second-order valence-corrected chi connectivity index (χ2v) is 3.79. The Bertz CT molecular complexity index is 382. The van der Waals surface area contributed by atoms with Gasteiger partial charge in [-0.1, -0.05) is 0 Å². The fourth-order valence-electron chi connectivity index (χ4n) is 2.09. The first-order valence-corrected chi connectivity index (χ1v) is 4.71. The molecule has 76 valence electrons. The van der Waals surface area contributed by atoms with Crippen molar-refractivity contribution in [3.05, 3.63) is 17.3 Å². The van der Waals surface area contributed by atoms with E-state index in [9.17, 15) is 4.79 Å². The molecule has 0 saturated heterocycles. The van der Waals surface area contributed by atoms with Gasteiger partial charge in [0, 0.05) is 26.3 Å². The molecule has 2 heterocycles. The molecule has 0 aliphatic carbocycles. The standard InChI is InChI=1S/C10H14N2O2/c1-7-8(5-9(13)14)6-12-4-3-11(2)10(7)12/h6H,3-5H2,1-2H3,(H,13,14). The Balaban J connectivity index is 2.37. The molecule has 1 aromatic rings. The lowest BCUT2D eigenvalue weighted by Gasteiger charge is -2.10. The summed E-state index contributed by atoms with van der Waals surface area (Å²) in [4.78, 5) is 12.8. The lowest BCUT2D eigenvalue weighted by molar-refractivity contribution is -0.136. The van der Waals surface area contributed by atoms with Crippen LogP contribution in [0.5, 0.6) is 0 Å². The topological polar surface area (TPSA) is 45.5 Å². The van der Waals surface area contributed by atoms with Gasteiger partial charge in [-0.15, -0.1) is 0 Å². The number of likely N-dealkylation sites (N-methyl/N-ethyl adjacent to an activating group) is 1. The maximum Gasteiger partial charge on any atom is 0.307 e. The molecule has 4 nitrogen and oxygen atoms in total. The van der Waals surface area contributed by atoms with Gasteiger partial charge in [-0.3, -0.25) is 4.79 Å². The van der Waals surface area contributed by atoms with Crippen LogP contribution in [-0.4, -0.2) is 29.2 Å². The first kappa shape index (κ1) is 9.12. The number of carboxylic acid groups (broad SMARTS) is 1. The van der Waals surface area contributed by atoms with Gasteiger partial charge in [-0.2, -0.15) is 0 Å². The normalized spacial score (nSPS) is 14.6. The Labute approximate surface area is 82.7 Å². The number of carboxylic acids is 1. The van der Waals surface area contributed by atoms with Crippen molar-refractivity contribution in [3.8, 4) is 0 Å². The van der Waals surface area contributed by atoms with Gasteiger partial charge in [0.25, 0.3) is 0 Å². The number of hydrogen-bond acceptors (Lipinski definition) is 2. The molecule has 0 aromatic carbocycles. The molecule has 1 aliphatic rings. The van der Waals surface area contributed by atoms with Gasteiger partial charge < -0.3 is 14.6 Å². The molecule has 0 saturated carbocycles. The molecule has 0 radical (unpaired) electrons. The molecule has 0 bridgehead atoms. The zero-order valence-electron chi connectivity index (χ0n) is 8.45. The van der Waals surface area contributed by atoms with E-state index in [0.717, 1.165) is 24.2 Å². The Morgan fingerprint density at radius 3 is 2.86 bits per heavy atom. The van der Waals surface area contributed by atoms with E-state index in [1.54, 1.807) is 0 Å². The van der Waals surface area contributed by atoms with Crippen molar-refractivity contribution in [1.29, 1.82) is 0 Å². The summed E-state index contributed by atoms with van der Waals surface area (Å²) in [7, 11) is 2.04. The highest BCUT2D eigenvalue weighted by atomic mass is 16.4. The summed E-state index contributed by atoms with van der Waals surface area (Å²) < 4.78 is 2.13. The number of aromatic nitrogens is 1. The molecule has 1 N–H and O–H groups in total. The van der Waals surface area contributed by atoms with E-state index in [2.05, 4.69) is 9.47 Å². The largest absolute Gasteiger partial charge is 0.481 e. The van der Waals surface area contributed by atoms with Crippen LogP contribution in [0.25, 0.3) is 0 Å². The zero-order chi connectivity index (χ0) is 10.3. The van der Waals surface area contributed by atoms with Crippen LogP contribution in [-0.2, 0) is 17.8 Å². The summed E-state index contributed by atoms with van der Waals surface area (Å²) in [6.07, 6.45) is 2.09. The van der Waals surface area contributed by atoms with Gasteiger partial charge in [0.1, 0.15) is 5.82 Å². The minimum absolute atomic E-state index is 0.125. The van der Waals surface area contributed by atoms with Crippen LogP contribution < -0.4 is 4.90 Å². The summed E-state index contributed by atoms with van der Waals surface area (Å²) in [6, 6.07) is 0. The lowest BCUT2D eigenvalue weighted by atomic mass is 10.1. The average Bonchev–Trinajstić information content (AvgIpc) is 2.57. The number of rotatable bonds is 2. The van der Waals surface area contributed by atoms with Crippen LogP contribution >= 0.6 is 0 Å². The summed E-state index contributed by atoms with van der Waals surface area (Å²) >= 11 is 0. The van der Waals surface area contributed by atoms with Crippen molar-refractivity contribution in [3.63, 3.8) is 0 Å². The van der Waals surface area contributed by atoms with Crippen molar-refractivity contribution in [1.82, 2.24) is 4.57 Å². The molecule has 14 heavy (non-hydrogen) atoms. The van der Waals surface area contributed by atoms with E-state index < -0.39 is 5.97 Å². The van der Waals surface area contributed by atoms with Gasteiger partial charge in [-0.05, 0) is 18.1 Å². The molecule has 1 aromatic heterocycles. The molecular formula is C10H14N2O2. The van der Waals surface area contributed by atoms with E-state index >= 15 is 0 Å². The van der Waals surface area contributed by atoms with Crippen LogP contribution in [0.1, 0.15) is 11.1 Å². The smallest absolute Gasteiger partial charge is 0.307 e. The zero-order valence-corrected chi connectivity index (χ0v) is 8.45. The molecule has 0 amide bonds. The van der Waals surface area contributed by atoms with E-state index in [1.165, 1.54) is 5.82 Å². The maximum atomic E-state index is 10.6. The molecule has 1 aliphatic heterocycles. The number of aliphatic carboxylic acids is 1. The SMILES string of the molecule is Cc1c(CC(=O)O)cn2c1N(C)CC2. The van der Waals surface area contributed by atoms with Crippen LogP contribution in [0.15, 0.2) is 6.20 Å². The predicted octanol–water partition coefficient (Wildman–Crippen LogP) is 0.873. The Kier molecular flexibility index (Phi) is 1.98. The summed E-state index contributed by atoms with van der Waals surface area (Å²) in [5.74, 6) is 0.404. The van der Waals surface area contributed by atoms with Crippen LogP contribution in [0.4, 0.5) is 5.82 Å². The number of fused-ring (bicyclic) bond motifs is 1. The second-order valence-electron chi connectivity index (χ2n) is 3.79. The van der Waals surface area contributed by atoms with Gasteiger partial charge in [0.2, 0.25) is 0 Å². The molecule has 2 rings (SSSR count). The third-order valence-electron chi connectivity index (χ3n) is 2.78. The van der Waals surface area contributed by atoms with Crippen LogP contribution in [0.2, 0.25) is 0 Å². The molecule has 0 atom stereocenters. The Hall–Kier alpha value is -1.45. The molecule has 4 heteroatoms. The Morgan fingerprint density at radius 2 is 2.29 bits per heavy atom. The van der Waals surface area contributed by atoms with E-state index in [0.29, 0.717) is 0 Å². The quantitative estimate of drug-likeness (QED) is 0.760. The van der Waals surface area contributed by atoms with Crippen molar-refractivity contribution < 1.29 is 9.90 Å². The highest BCUT2D eigenvalue weighted by molar-refractivity contribution is 5.72.